The van der Waals surface area contributed by atoms with Gasteiger partial charge in [-0.05, 0) is 49.2 Å². The number of hydrogen-bond acceptors (Lipinski definition) is 7. The number of nitrogens with zero attached hydrogens (tertiary/aromatic N) is 4. The van der Waals surface area contributed by atoms with Crippen molar-refractivity contribution in [2.45, 2.75) is 24.3 Å². The van der Waals surface area contributed by atoms with Crippen LogP contribution in [0.25, 0.3) is 0 Å². The van der Waals surface area contributed by atoms with E-state index in [0.29, 0.717) is 49.7 Å². The molecule has 2 aromatic rings. The van der Waals surface area contributed by atoms with Crippen LogP contribution in [-0.2, 0) is 9.59 Å². The largest absolute Gasteiger partial charge is 0.369 e. The SMILES string of the molecule is CC(SC(C)C(=O)N/N=C/c1ccc(N(CCCl)CCCl)cc1)C(=O)NN=Cc1ccc(N(CCCl)CCCl)cc1. The molecule has 0 aliphatic carbocycles. The molecular formula is C28H36Cl4N6O2S. The van der Waals surface area contributed by atoms with E-state index in [9.17, 15) is 9.59 Å². The summed E-state index contributed by atoms with van der Waals surface area (Å²) >= 11 is 24.7. The van der Waals surface area contributed by atoms with Gasteiger partial charge in [0.25, 0.3) is 11.8 Å². The second kappa shape index (κ2) is 19.9. The van der Waals surface area contributed by atoms with Gasteiger partial charge in [-0.25, -0.2) is 10.9 Å². The van der Waals surface area contributed by atoms with Crippen LogP contribution in [0, 0.1) is 0 Å². The van der Waals surface area contributed by atoms with Crippen molar-refractivity contribution in [3.05, 3.63) is 59.7 Å². The van der Waals surface area contributed by atoms with Gasteiger partial charge in [-0.2, -0.15) is 10.2 Å². The molecule has 2 N–H and O–H groups in total. The predicted molar refractivity (Wildman–Crippen MR) is 178 cm³/mol. The minimum atomic E-state index is -0.504. The van der Waals surface area contributed by atoms with Gasteiger partial charge in [-0.1, -0.05) is 24.3 Å². The van der Waals surface area contributed by atoms with Gasteiger partial charge in [0.05, 0.1) is 22.9 Å². The first-order chi connectivity index (χ1) is 19.8. The zero-order valence-corrected chi connectivity index (χ0v) is 27.0. The molecule has 2 aromatic carbocycles. The van der Waals surface area contributed by atoms with E-state index in [0.717, 1.165) is 22.5 Å². The molecule has 2 rings (SSSR count). The number of carbonyl (C=O) groups is 2. The summed E-state index contributed by atoms with van der Waals surface area (Å²) in [7, 11) is 0. The van der Waals surface area contributed by atoms with Crippen LogP contribution in [0.5, 0.6) is 0 Å². The molecule has 0 aliphatic heterocycles. The van der Waals surface area contributed by atoms with Gasteiger partial charge in [0.15, 0.2) is 0 Å². The lowest BCUT2D eigenvalue weighted by Crippen LogP contribution is -2.33. The summed E-state index contributed by atoms with van der Waals surface area (Å²) in [6.07, 6.45) is 3.13. The minimum Gasteiger partial charge on any atom is -0.369 e. The number of anilines is 2. The number of halogens is 4. The average molecular weight is 663 g/mol. The highest BCUT2D eigenvalue weighted by atomic mass is 35.5. The molecule has 0 saturated carbocycles. The van der Waals surface area contributed by atoms with Crippen molar-refractivity contribution in [1.29, 1.82) is 0 Å². The molecule has 2 atom stereocenters. The number of hydrazone groups is 2. The Hall–Kier alpha value is -2.17. The molecule has 224 valence electrons. The van der Waals surface area contributed by atoms with Crippen LogP contribution in [0.2, 0.25) is 0 Å². The first-order valence-corrected chi connectivity index (χ1v) is 16.2. The number of thioether (sulfide) groups is 1. The maximum Gasteiger partial charge on any atom is 0.252 e. The number of amides is 2. The molecule has 41 heavy (non-hydrogen) atoms. The number of hydrogen-bond donors (Lipinski definition) is 2. The third-order valence-corrected chi connectivity index (χ3v) is 7.78. The van der Waals surface area contributed by atoms with Gasteiger partial charge in [0.1, 0.15) is 0 Å². The highest BCUT2D eigenvalue weighted by Crippen LogP contribution is 2.19. The van der Waals surface area contributed by atoms with Gasteiger partial charge < -0.3 is 9.80 Å². The average Bonchev–Trinajstić information content (AvgIpc) is 2.97. The van der Waals surface area contributed by atoms with Crippen molar-refractivity contribution < 1.29 is 9.59 Å². The summed E-state index contributed by atoms with van der Waals surface area (Å²) in [6.45, 7) is 6.25. The smallest absolute Gasteiger partial charge is 0.252 e. The molecule has 2 amide bonds. The number of carbonyl (C=O) groups excluding carboxylic acids is 2. The first kappa shape index (κ1) is 35.0. The molecule has 8 nitrogen and oxygen atoms in total. The van der Waals surface area contributed by atoms with E-state index in [2.05, 4.69) is 30.9 Å². The standard InChI is InChI=1S/C28H36Cl4N6O2S/c1-21(27(39)35-33-19-23-3-7-25(8-4-23)37(15-11-29)16-12-30)41-22(2)28(40)36-34-20-24-5-9-26(10-6-24)38(17-13-31)18-14-32/h3-10,19-22H,11-18H2,1-2H3,(H,35,39)(H,36,40)/b33-19+,34-20?. The predicted octanol–water partition coefficient (Wildman–Crippen LogP) is 5.37. The molecule has 0 spiro atoms. The maximum absolute atomic E-state index is 12.5. The van der Waals surface area contributed by atoms with E-state index in [-0.39, 0.29) is 11.8 Å². The lowest BCUT2D eigenvalue weighted by atomic mass is 10.2. The second-order valence-electron chi connectivity index (χ2n) is 8.80. The summed E-state index contributed by atoms with van der Waals surface area (Å²) in [4.78, 5) is 29.2. The van der Waals surface area contributed by atoms with Crippen LogP contribution in [0.4, 0.5) is 11.4 Å². The number of benzene rings is 2. The van der Waals surface area contributed by atoms with E-state index >= 15 is 0 Å². The van der Waals surface area contributed by atoms with Crippen LogP contribution in [0.3, 0.4) is 0 Å². The van der Waals surface area contributed by atoms with Crippen molar-refractivity contribution in [3.63, 3.8) is 0 Å². The Kier molecular flexibility index (Phi) is 17.0. The Morgan fingerprint density at radius 1 is 0.683 bits per heavy atom. The van der Waals surface area contributed by atoms with E-state index in [1.807, 2.05) is 48.5 Å². The van der Waals surface area contributed by atoms with E-state index in [1.165, 1.54) is 11.8 Å². The molecule has 0 radical (unpaired) electrons. The van der Waals surface area contributed by atoms with E-state index in [1.54, 1.807) is 26.3 Å². The molecule has 13 heteroatoms. The molecule has 2 unspecified atom stereocenters. The second-order valence-corrected chi connectivity index (χ2v) is 12.0. The summed E-state index contributed by atoms with van der Waals surface area (Å²) in [5.41, 5.74) is 8.74. The van der Waals surface area contributed by atoms with Crippen LogP contribution in [-0.4, -0.2) is 84.4 Å². The summed E-state index contributed by atoms with van der Waals surface area (Å²) < 4.78 is 0. The summed E-state index contributed by atoms with van der Waals surface area (Å²) in [5.74, 6) is 1.42. The third-order valence-electron chi connectivity index (χ3n) is 5.86. The Bertz CT molecular complexity index is 1020. The van der Waals surface area contributed by atoms with Gasteiger partial charge in [0, 0.05) is 61.1 Å². The van der Waals surface area contributed by atoms with Crippen molar-refractivity contribution in [2.24, 2.45) is 10.2 Å². The minimum absolute atomic E-state index is 0.307. The van der Waals surface area contributed by atoms with Crippen molar-refractivity contribution in [1.82, 2.24) is 10.9 Å². The fraction of sp³-hybridized carbons (Fsp3) is 0.429. The Balaban J connectivity index is 1.80. The molecule has 0 fully saturated rings. The zero-order chi connectivity index (χ0) is 30.0. The number of nitrogens with one attached hydrogen (secondary N) is 2. The Morgan fingerprint density at radius 3 is 1.29 bits per heavy atom. The van der Waals surface area contributed by atoms with Gasteiger partial charge >= 0.3 is 0 Å². The third kappa shape index (κ3) is 12.7. The van der Waals surface area contributed by atoms with Crippen LogP contribution in [0.15, 0.2) is 58.7 Å². The zero-order valence-electron chi connectivity index (χ0n) is 23.1. The molecule has 0 heterocycles. The Labute approximate surface area is 266 Å². The molecule has 0 aromatic heterocycles. The molecule has 0 bridgehead atoms. The Morgan fingerprint density at radius 2 is 1.00 bits per heavy atom. The van der Waals surface area contributed by atoms with Gasteiger partial charge in [0.2, 0.25) is 0 Å². The number of rotatable bonds is 18. The van der Waals surface area contributed by atoms with Crippen molar-refractivity contribution >= 4 is 93.8 Å². The van der Waals surface area contributed by atoms with Crippen LogP contribution >= 0.6 is 58.2 Å². The van der Waals surface area contributed by atoms with E-state index in [4.69, 9.17) is 46.4 Å². The van der Waals surface area contributed by atoms with Crippen LogP contribution < -0.4 is 20.7 Å². The molecular weight excluding hydrogens is 626 g/mol. The molecule has 0 saturated heterocycles. The fourth-order valence-corrected chi connectivity index (χ4v) is 5.42. The van der Waals surface area contributed by atoms with Crippen molar-refractivity contribution in [2.75, 3.05) is 59.5 Å². The van der Waals surface area contributed by atoms with Crippen molar-refractivity contribution in [3.8, 4) is 0 Å². The normalized spacial score (nSPS) is 12.8. The highest BCUT2D eigenvalue weighted by Gasteiger charge is 2.21. The van der Waals surface area contributed by atoms with Gasteiger partial charge in [-0.3, -0.25) is 9.59 Å². The first-order valence-electron chi connectivity index (χ1n) is 13.1. The topological polar surface area (TPSA) is 89.4 Å². The monoisotopic (exact) mass is 660 g/mol. The maximum atomic E-state index is 12.5. The van der Waals surface area contributed by atoms with E-state index < -0.39 is 10.5 Å². The molecule has 0 aliphatic rings. The van der Waals surface area contributed by atoms with Gasteiger partial charge in [-0.15, -0.1) is 58.2 Å². The quantitative estimate of drug-likeness (QED) is 0.128. The fourth-order valence-electron chi connectivity index (χ4n) is 3.64. The summed E-state index contributed by atoms with van der Waals surface area (Å²) in [5, 5.41) is 7.09. The lowest BCUT2D eigenvalue weighted by Gasteiger charge is -2.22. The number of alkyl halides is 4. The summed E-state index contributed by atoms with van der Waals surface area (Å²) in [6, 6.07) is 15.4. The highest BCUT2D eigenvalue weighted by molar-refractivity contribution is 8.01. The van der Waals surface area contributed by atoms with Crippen LogP contribution in [0.1, 0.15) is 25.0 Å². The lowest BCUT2D eigenvalue weighted by molar-refractivity contribution is -0.120.